The summed E-state index contributed by atoms with van der Waals surface area (Å²) in [6, 6.07) is 7.64. The molecule has 1 unspecified atom stereocenters. The summed E-state index contributed by atoms with van der Waals surface area (Å²) in [7, 11) is 3.58. The maximum atomic E-state index is 6.35. The number of methoxy groups -OCH3 is 1. The number of rotatable bonds is 4. The minimum absolute atomic E-state index is 0.204. The predicted molar refractivity (Wildman–Crippen MR) is 71.6 cm³/mol. The van der Waals surface area contributed by atoms with Gasteiger partial charge in [-0.25, -0.2) is 0 Å². The number of nitrogens with zero attached hydrogens (tertiary/aromatic N) is 2. The van der Waals surface area contributed by atoms with Crippen LogP contribution in [0.2, 0.25) is 0 Å². The lowest BCUT2D eigenvalue weighted by Crippen LogP contribution is -2.14. The molecule has 2 N–H and O–H groups in total. The predicted octanol–water partition coefficient (Wildman–Crippen LogP) is 2.04. The normalized spacial score (nSPS) is 12.4. The molecule has 0 fully saturated rings. The van der Waals surface area contributed by atoms with Gasteiger partial charge in [0.25, 0.3) is 0 Å². The Balaban J connectivity index is 2.44. The molecule has 4 heteroatoms. The molecule has 0 saturated carbocycles. The lowest BCUT2D eigenvalue weighted by atomic mass is 9.98. The van der Waals surface area contributed by atoms with Crippen LogP contribution in [0.25, 0.3) is 0 Å². The van der Waals surface area contributed by atoms with Gasteiger partial charge < -0.3 is 10.5 Å². The molecular weight excluding hydrogens is 226 g/mol. The second kappa shape index (κ2) is 5.23. The van der Waals surface area contributed by atoms with Crippen molar-refractivity contribution in [2.45, 2.75) is 19.4 Å². The zero-order valence-corrected chi connectivity index (χ0v) is 11.1. The van der Waals surface area contributed by atoms with E-state index in [1.54, 1.807) is 7.11 Å². The lowest BCUT2D eigenvalue weighted by Gasteiger charge is -2.15. The Morgan fingerprint density at radius 2 is 2.06 bits per heavy atom. The van der Waals surface area contributed by atoms with E-state index in [1.807, 2.05) is 42.2 Å². The molecule has 18 heavy (non-hydrogen) atoms. The van der Waals surface area contributed by atoms with Crippen molar-refractivity contribution in [3.8, 4) is 5.75 Å². The van der Waals surface area contributed by atoms with Crippen molar-refractivity contribution in [1.29, 1.82) is 0 Å². The lowest BCUT2D eigenvalue weighted by molar-refractivity contribution is 0.408. The van der Waals surface area contributed by atoms with Gasteiger partial charge in [-0.05, 0) is 12.5 Å². The summed E-state index contributed by atoms with van der Waals surface area (Å²) in [5, 5.41) is 4.43. The van der Waals surface area contributed by atoms with E-state index in [2.05, 4.69) is 12.0 Å². The summed E-state index contributed by atoms with van der Waals surface area (Å²) >= 11 is 0. The monoisotopic (exact) mass is 245 g/mol. The molecule has 0 aliphatic heterocycles. The molecule has 96 valence electrons. The zero-order valence-electron chi connectivity index (χ0n) is 11.1. The summed E-state index contributed by atoms with van der Waals surface area (Å²) < 4.78 is 7.17. The van der Waals surface area contributed by atoms with Gasteiger partial charge in [-0.2, -0.15) is 5.10 Å². The number of aryl methyl sites for hydroxylation is 2. The molecule has 0 saturated heterocycles. The highest BCUT2D eigenvalue weighted by Crippen LogP contribution is 2.29. The van der Waals surface area contributed by atoms with Gasteiger partial charge in [-0.3, -0.25) is 4.68 Å². The van der Waals surface area contributed by atoms with Crippen molar-refractivity contribution in [1.82, 2.24) is 9.78 Å². The number of benzene rings is 1. The van der Waals surface area contributed by atoms with Crippen LogP contribution in [0, 0.1) is 0 Å². The minimum atomic E-state index is -0.204. The quantitative estimate of drug-likeness (QED) is 0.896. The van der Waals surface area contributed by atoms with Crippen LogP contribution in [0.5, 0.6) is 5.75 Å². The summed E-state index contributed by atoms with van der Waals surface area (Å²) in [6.07, 6.45) is 2.86. The first-order chi connectivity index (χ1) is 8.67. The standard InChI is InChI=1S/C14H19N3O/c1-4-12-11(9-17(2)16-12)14(15)10-7-5-6-8-13(10)18-3/h5-9,14H,4,15H2,1-3H3. The number of para-hydroxylation sites is 1. The fourth-order valence-corrected chi connectivity index (χ4v) is 2.18. The van der Waals surface area contributed by atoms with Gasteiger partial charge in [0.1, 0.15) is 5.75 Å². The third kappa shape index (κ3) is 2.24. The minimum Gasteiger partial charge on any atom is -0.496 e. The van der Waals surface area contributed by atoms with Crippen molar-refractivity contribution in [3.05, 3.63) is 47.3 Å². The van der Waals surface area contributed by atoms with Crippen LogP contribution in [0.15, 0.2) is 30.5 Å². The molecule has 0 radical (unpaired) electrons. The first-order valence-electron chi connectivity index (χ1n) is 6.08. The molecule has 0 bridgehead atoms. The SMILES string of the molecule is CCc1nn(C)cc1C(N)c1ccccc1OC. The van der Waals surface area contributed by atoms with E-state index in [9.17, 15) is 0 Å². The molecular formula is C14H19N3O. The molecule has 0 amide bonds. The van der Waals surface area contributed by atoms with Crippen molar-refractivity contribution in [2.24, 2.45) is 12.8 Å². The molecule has 2 rings (SSSR count). The van der Waals surface area contributed by atoms with Gasteiger partial charge in [0.15, 0.2) is 0 Å². The fourth-order valence-electron chi connectivity index (χ4n) is 2.18. The molecule has 1 heterocycles. The number of hydrogen-bond acceptors (Lipinski definition) is 3. The molecule has 1 aromatic carbocycles. The first kappa shape index (κ1) is 12.6. The van der Waals surface area contributed by atoms with E-state index < -0.39 is 0 Å². The van der Waals surface area contributed by atoms with E-state index in [-0.39, 0.29) is 6.04 Å². The Morgan fingerprint density at radius 1 is 1.33 bits per heavy atom. The van der Waals surface area contributed by atoms with Crippen molar-refractivity contribution >= 4 is 0 Å². The van der Waals surface area contributed by atoms with Crippen LogP contribution < -0.4 is 10.5 Å². The fraction of sp³-hybridized carbons (Fsp3) is 0.357. The van der Waals surface area contributed by atoms with E-state index in [4.69, 9.17) is 10.5 Å². The maximum Gasteiger partial charge on any atom is 0.123 e. The largest absolute Gasteiger partial charge is 0.496 e. The Hall–Kier alpha value is -1.81. The van der Waals surface area contributed by atoms with Crippen molar-refractivity contribution in [2.75, 3.05) is 7.11 Å². The highest BCUT2D eigenvalue weighted by Gasteiger charge is 2.18. The molecule has 2 aromatic rings. The second-order valence-corrected chi connectivity index (χ2v) is 4.28. The number of aromatic nitrogens is 2. The van der Waals surface area contributed by atoms with Crippen molar-refractivity contribution in [3.63, 3.8) is 0 Å². The Bertz CT molecular complexity index is 534. The first-order valence-corrected chi connectivity index (χ1v) is 6.08. The molecule has 0 spiro atoms. The topological polar surface area (TPSA) is 53.1 Å². The average Bonchev–Trinajstić information content (AvgIpc) is 2.79. The van der Waals surface area contributed by atoms with Gasteiger partial charge >= 0.3 is 0 Å². The molecule has 0 aliphatic carbocycles. The van der Waals surface area contributed by atoms with Gasteiger partial charge in [0.2, 0.25) is 0 Å². The van der Waals surface area contributed by atoms with Crippen LogP contribution in [-0.2, 0) is 13.5 Å². The van der Waals surface area contributed by atoms with Gasteiger partial charge in [-0.15, -0.1) is 0 Å². The summed E-state index contributed by atoms with van der Waals surface area (Å²) in [6.45, 7) is 2.08. The summed E-state index contributed by atoms with van der Waals surface area (Å²) in [5.41, 5.74) is 9.44. The Morgan fingerprint density at radius 3 is 2.72 bits per heavy atom. The summed E-state index contributed by atoms with van der Waals surface area (Å²) in [4.78, 5) is 0. The van der Waals surface area contributed by atoms with E-state index in [0.29, 0.717) is 0 Å². The second-order valence-electron chi connectivity index (χ2n) is 4.28. The average molecular weight is 245 g/mol. The molecule has 1 atom stereocenters. The molecule has 1 aromatic heterocycles. The third-order valence-corrected chi connectivity index (χ3v) is 3.08. The number of ether oxygens (including phenoxy) is 1. The van der Waals surface area contributed by atoms with Gasteiger partial charge in [0.05, 0.1) is 18.8 Å². The summed E-state index contributed by atoms with van der Waals surface area (Å²) in [5.74, 6) is 0.816. The zero-order chi connectivity index (χ0) is 13.1. The van der Waals surface area contributed by atoms with Gasteiger partial charge in [-0.1, -0.05) is 25.1 Å². The van der Waals surface area contributed by atoms with Gasteiger partial charge in [0, 0.05) is 24.4 Å². The number of hydrogen-bond donors (Lipinski definition) is 1. The maximum absolute atomic E-state index is 6.35. The molecule has 0 aliphatic rings. The van der Waals surface area contributed by atoms with Crippen LogP contribution in [0.4, 0.5) is 0 Å². The van der Waals surface area contributed by atoms with Crippen LogP contribution in [0.3, 0.4) is 0 Å². The molecule has 4 nitrogen and oxygen atoms in total. The van der Waals surface area contributed by atoms with Crippen molar-refractivity contribution < 1.29 is 4.74 Å². The van der Waals surface area contributed by atoms with Crippen LogP contribution in [0.1, 0.15) is 29.8 Å². The van der Waals surface area contributed by atoms with E-state index in [0.717, 1.165) is 29.0 Å². The van der Waals surface area contributed by atoms with E-state index in [1.165, 1.54) is 0 Å². The highest BCUT2D eigenvalue weighted by atomic mass is 16.5. The van der Waals surface area contributed by atoms with E-state index >= 15 is 0 Å². The van der Waals surface area contributed by atoms with Crippen LogP contribution >= 0.6 is 0 Å². The number of nitrogens with two attached hydrogens (primary N) is 1. The van der Waals surface area contributed by atoms with Crippen LogP contribution in [-0.4, -0.2) is 16.9 Å². The Kier molecular flexibility index (Phi) is 3.67. The Labute approximate surface area is 107 Å². The smallest absolute Gasteiger partial charge is 0.123 e. The third-order valence-electron chi connectivity index (χ3n) is 3.08. The highest BCUT2D eigenvalue weighted by molar-refractivity contribution is 5.41.